The maximum absolute atomic E-state index is 11.4. The fourth-order valence-corrected chi connectivity index (χ4v) is 2.25. The first-order valence-electron chi connectivity index (χ1n) is 5.66. The minimum absolute atomic E-state index is 0.348. The molecule has 4 heteroatoms. The maximum atomic E-state index is 11.4. The maximum Gasteiger partial charge on any atom is 0.212 e. The zero-order valence-electron chi connectivity index (χ0n) is 9.45. The van der Waals surface area contributed by atoms with Crippen LogP contribution in [0.3, 0.4) is 0 Å². The normalized spacial score (nSPS) is 24.8. The van der Waals surface area contributed by atoms with Gasteiger partial charge in [-0.3, -0.25) is 14.5 Å². The van der Waals surface area contributed by atoms with Gasteiger partial charge in [0.15, 0.2) is 6.29 Å². The van der Waals surface area contributed by atoms with E-state index in [4.69, 9.17) is 0 Å². The van der Waals surface area contributed by atoms with Gasteiger partial charge in [-0.1, -0.05) is 30.3 Å². The molecule has 1 fully saturated rings. The van der Waals surface area contributed by atoms with Crippen LogP contribution >= 0.6 is 0 Å². The van der Waals surface area contributed by atoms with Crippen molar-refractivity contribution in [3.8, 4) is 0 Å². The molecule has 1 N–H and O–H groups in total. The summed E-state index contributed by atoms with van der Waals surface area (Å²) in [5, 5.41) is 9.58. The van der Waals surface area contributed by atoms with E-state index < -0.39 is 17.9 Å². The number of ketones is 1. The van der Waals surface area contributed by atoms with Crippen molar-refractivity contribution in [1.82, 2.24) is 4.90 Å². The molecule has 1 unspecified atom stereocenters. The summed E-state index contributed by atoms with van der Waals surface area (Å²) >= 11 is 0. The Morgan fingerprint density at radius 3 is 2.76 bits per heavy atom. The van der Waals surface area contributed by atoms with E-state index in [2.05, 4.69) is 0 Å². The largest absolute Gasteiger partial charge is 0.392 e. The molecule has 1 saturated heterocycles. The fourth-order valence-electron chi connectivity index (χ4n) is 2.25. The molecule has 1 aliphatic rings. The summed E-state index contributed by atoms with van der Waals surface area (Å²) in [5.74, 6) is -0.447. The second-order valence-corrected chi connectivity index (χ2v) is 4.34. The molecule has 2 rings (SSSR count). The van der Waals surface area contributed by atoms with Crippen molar-refractivity contribution in [2.24, 2.45) is 0 Å². The van der Waals surface area contributed by atoms with Crippen LogP contribution in [0.5, 0.6) is 0 Å². The number of nitrogens with zero attached hydrogens (tertiary/aromatic N) is 1. The average molecular weight is 233 g/mol. The van der Waals surface area contributed by atoms with Crippen molar-refractivity contribution in [2.45, 2.75) is 25.1 Å². The van der Waals surface area contributed by atoms with Crippen LogP contribution < -0.4 is 0 Å². The predicted molar refractivity (Wildman–Crippen MR) is 62.3 cm³/mol. The molecule has 17 heavy (non-hydrogen) atoms. The number of aldehydes is 1. The standard InChI is InChI=1S/C13H15NO3/c15-9-13(17)12-6-11(16)8-14(12)7-10-4-2-1-3-5-10/h1-5,9,11-12,16H,6-8H2/t11-,12?/m0/s1. The number of hydrogen-bond acceptors (Lipinski definition) is 4. The van der Waals surface area contributed by atoms with Gasteiger partial charge < -0.3 is 5.11 Å². The number of benzene rings is 1. The molecule has 0 aliphatic carbocycles. The molecule has 1 heterocycles. The van der Waals surface area contributed by atoms with Gasteiger partial charge in [-0.15, -0.1) is 0 Å². The number of aliphatic hydroxyl groups is 1. The molecule has 90 valence electrons. The Labute approximate surface area is 99.9 Å². The van der Waals surface area contributed by atoms with Crippen molar-refractivity contribution < 1.29 is 14.7 Å². The molecule has 0 saturated carbocycles. The van der Waals surface area contributed by atoms with Crippen LogP contribution in [0, 0.1) is 0 Å². The van der Waals surface area contributed by atoms with Crippen molar-refractivity contribution in [3.05, 3.63) is 35.9 Å². The second-order valence-electron chi connectivity index (χ2n) is 4.34. The molecule has 0 radical (unpaired) electrons. The Morgan fingerprint density at radius 1 is 1.41 bits per heavy atom. The number of rotatable bonds is 4. The van der Waals surface area contributed by atoms with Crippen LogP contribution in [-0.4, -0.2) is 40.8 Å². The van der Waals surface area contributed by atoms with Crippen LogP contribution in [0.15, 0.2) is 30.3 Å². The minimum Gasteiger partial charge on any atom is -0.392 e. The van der Waals surface area contributed by atoms with Gasteiger partial charge in [0, 0.05) is 13.1 Å². The van der Waals surface area contributed by atoms with Crippen LogP contribution in [0.2, 0.25) is 0 Å². The van der Waals surface area contributed by atoms with E-state index in [1.807, 2.05) is 35.2 Å². The van der Waals surface area contributed by atoms with Crippen molar-refractivity contribution in [3.63, 3.8) is 0 Å². The average Bonchev–Trinajstić information content (AvgIpc) is 2.70. The fraction of sp³-hybridized carbons (Fsp3) is 0.385. The molecule has 0 bridgehead atoms. The van der Waals surface area contributed by atoms with Gasteiger partial charge >= 0.3 is 0 Å². The Morgan fingerprint density at radius 2 is 2.12 bits per heavy atom. The predicted octanol–water partition coefficient (Wildman–Crippen LogP) is 0.390. The molecule has 0 aromatic heterocycles. The van der Waals surface area contributed by atoms with E-state index in [0.29, 0.717) is 25.8 Å². The van der Waals surface area contributed by atoms with Gasteiger partial charge in [-0.05, 0) is 12.0 Å². The Balaban J connectivity index is 2.08. The lowest BCUT2D eigenvalue weighted by Crippen LogP contribution is -2.36. The van der Waals surface area contributed by atoms with Gasteiger partial charge in [0.05, 0.1) is 12.1 Å². The molecule has 1 aliphatic heterocycles. The number of β-amino-alcohol motifs (C(OH)–C–C–N with tert-alkyl or cyclic N) is 1. The minimum atomic E-state index is -0.521. The second kappa shape index (κ2) is 5.21. The summed E-state index contributed by atoms with van der Waals surface area (Å²) < 4.78 is 0. The quantitative estimate of drug-likeness (QED) is 0.603. The summed E-state index contributed by atoms with van der Waals surface area (Å²) in [4.78, 5) is 23.8. The molecular formula is C13H15NO3. The molecule has 0 amide bonds. The Hall–Kier alpha value is -1.52. The number of aliphatic hydroxyl groups excluding tert-OH is 1. The Kier molecular flexibility index (Phi) is 3.66. The van der Waals surface area contributed by atoms with Crippen molar-refractivity contribution >= 4 is 12.1 Å². The third-order valence-electron chi connectivity index (χ3n) is 3.05. The highest BCUT2D eigenvalue weighted by Gasteiger charge is 2.35. The lowest BCUT2D eigenvalue weighted by atomic mass is 10.1. The van der Waals surface area contributed by atoms with E-state index in [1.165, 1.54) is 0 Å². The molecule has 2 atom stereocenters. The van der Waals surface area contributed by atoms with E-state index in [1.54, 1.807) is 0 Å². The van der Waals surface area contributed by atoms with E-state index in [9.17, 15) is 14.7 Å². The lowest BCUT2D eigenvalue weighted by Gasteiger charge is -2.21. The van der Waals surface area contributed by atoms with Crippen LogP contribution in [-0.2, 0) is 16.1 Å². The first-order chi connectivity index (χ1) is 8.20. The molecule has 0 spiro atoms. The smallest absolute Gasteiger partial charge is 0.212 e. The van der Waals surface area contributed by atoms with Crippen LogP contribution in [0.1, 0.15) is 12.0 Å². The van der Waals surface area contributed by atoms with Crippen LogP contribution in [0.25, 0.3) is 0 Å². The van der Waals surface area contributed by atoms with Gasteiger partial charge in [-0.2, -0.15) is 0 Å². The summed E-state index contributed by atoms with van der Waals surface area (Å²) in [6.45, 7) is 1.03. The van der Waals surface area contributed by atoms with Gasteiger partial charge in [-0.25, -0.2) is 0 Å². The zero-order chi connectivity index (χ0) is 12.3. The first-order valence-corrected chi connectivity index (χ1v) is 5.66. The van der Waals surface area contributed by atoms with E-state index in [0.717, 1.165) is 5.56 Å². The van der Waals surface area contributed by atoms with E-state index >= 15 is 0 Å². The highest BCUT2D eigenvalue weighted by molar-refractivity contribution is 6.27. The lowest BCUT2D eigenvalue weighted by molar-refractivity contribution is -0.133. The van der Waals surface area contributed by atoms with Gasteiger partial charge in [0.1, 0.15) is 0 Å². The summed E-state index contributed by atoms with van der Waals surface area (Å²) in [6, 6.07) is 9.25. The highest BCUT2D eigenvalue weighted by atomic mass is 16.3. The summed E-state index contributed by atoms with van der Waals surface area (Å²) in [7, 11) is 0. The molecule has 1 aromatic rings. The number of hydrogen-bond donors (Lipinski definition) is 1. The number of carbonyl (C=O) groups excluding carboxylic acids is 2. The third-order valence-corrected chi connectivity index (χ3v) is 3.05. The van der Waals surface area contributed by atoms with Gasteiger partial charge in [0.25, 0.3) is 0 Å². The Bertz CT molecular complexity index is 404. The number of carbonyl (C=O) groups is 2. The number of likely N-dealkylation sites (tertiary alicyclic amines) is 1. The molecular weight excluding hydrogens is 218 g/mol. The molecule has 4 nitrogen and oxygen atoms in total. The highest BCUT2D eigenvalue weighted by Crippen LogP contribution is 2.20. The van der Waals surface area contributed by atoms with E-state index in [-0.39, 0.29) is 0 Å². The summed E-state index contributed by atoms with van der Waals surface area (Å²) in [6.07, 6.45) is 0.179. The van der Waals surface area contributed by atoms with Crippen molar-refractivity contribution in [1.29, 1.82) is 0 Å². The van der Waals surface area contributed by atoms with Crippen molar-refractivity contribution in [2.75, 3.05) is 6.54 Å². The third kappa shape index (κ3) is 2.78. The first kappa shape index (κ1) is 12.0. The topological polar surface area (TPSA) is 57.6 Å². The molecule has 1 aromatic carbocycles. The zero-order valence-corrected chi connectivity index (χ0v) is 9.45. The summed E-state index contributed by atoms with van der Waals surface area (Å²) in [5.41, 5.74) is 1.07. The van der Waals surface area contributed by atoms with Gasteiger partial charge in [0.2, 0.25) is 5.78 Å². The SMILES string of the molecule is O=CC(=O)C1C[C@H](O)CN1Cc1ccccc1. The number of Topliss-reactive ketones (excluding diaryl/α,β-unsaturated/α-hetero) is 1. The van der Waals surface area contributed by atoms with Crippen LogP contribution in [0.4, 0.5) is 0 Å². The monoisotopic (exact) mass is 233 g/mol.